The maximum Gasteiger partial charge on any atom is 0.193 e. The molecule has 0 atom stereocenters. The average molecular weight is 401 g/mol. The summed E-state index contributed by atoms with van der Waals surface area (Å²) in [6.45, 7) is 4.09. The molecule has 7 nitrogen and oxygen atoms in total. The van der Waals surface area contributed by atoms with Gasteiger partial charge in [0, 0.05) is 36.8 Å². The molecular weight excluding hydrogens is 380 g/mol. The maximum atomic E-state index is 5.11. The molecule has 0 saturated heterocycles. The lowest BCUT2D eigenvalue weighted by molar-refractivity contribution is 0.183. The SMILES string of the molecule is COCCn1ccc(-c2sc(NCc3cccn3-c3nccs3)nc2C)n1. The second-order valence-electron chi connectivity index (χ2n) is 5.93. The number of hydrogen-bond acceptors (Lipinski definition) is 7. The van der Waals surface area contributed by atoms with E-state index in [0.29, 0.717) is 13.2 Å². The van der Waals surface area contributed by atoms with Crippen molar-refractivity contribution in [1.29, 1.82) is 0 Å². The normalized spacial score (nSPS) is 11.2. The number of hydrogen-bond donors (Lipinski definition) is 1. The van der Waals surface area contributed by atoms with Crippen molar-refractivity contribution in [1.82, 2.24) is 24.3 Å². The van der Waals surface area contributed by atoms with Crippen LogP contribution in [0.4, 0.5) is 5.13 Å². The molecule has 1 N–H and O–H groups in total. The van der Waals surface area contributed by atoms with Gasteiger partial charge in [-0.05, 0) is 25.1 Å². The summed E-state index contributed by atoms with van der Waals surface area (Å²) in [5.41, 5.74) is 3.07. The summed E-state index contributed by atoms with van der Waals surface area (Å²) in [7, 11) is 1.70. The van der Waals surface area contributed by atoms with Crippen LogP contribution in [0.1, 0.15) is 11.4 Å². The molecule has 0 bridgehead atoms. The zero-order valence-electron chi connectivity index (χ0n) is 15.1. The summed E-state index contributed by atoms with van der Waals surface area (Å²) in [6.07, 6.45) is 5.82. The number of aryl methyl sites for hydroxylation is 1. The maximum absolute atomic E-state index is 5.11. The molecule has 4 aromatic heterocycles. The van der Waals surface area contributed by atoms with E-state index in [1.165, 1.54) is 0 Å². The van der Waals surface area contributed by atoms with Crippen molar-refractivity contribution >= 4 is 27.8 Å². The Kier molecular flexibility index (Phi) is 5.33. The first-order valence-electron chi connectivity index (χ1n) is 8.55. The fourth-order valence-corrected chi connectivity index (χ4v) is 4.33. The number of aromatic nitrogens is 5. The van der Waals surface area contributed by atoms with E-state index in [1.54, 1.807) is 29.8 Å². The van der Waals surface area contributed by atoms with Gasteiger partial charge in [-0.25, -0.2) is 9.97 Å². The number of nitrogens with one attached hydrogen (secondary N) is 1. The van der Waals surface area contributed by atoms with Gasteiger partial charge < -0.3 is 10.1 Å². The van der Waals surface area contributed by atoms with Crippen LogP contribution < -0.4 is 5.32 Å². The van der Waals surface area contributed by atoms with E-state index in [4.69, 9.17) is 4.74 Å². The highest BCUT2D eigenvalue weighted by Crippen LogP contribution is 2.32. The Morgan fingerprint density at radius 3 is 3.00 bits per heavy atom. The molecule has 0 aliphatic heterocycles. The molecule has 27 heavy (non-hydrogen) atoms. The van der Waals surface area contributed by atoms with Crippen LogP contribution in [-0.2, 0) is 17.8 Å². The first-order valence-corrected chi connectivity index (χ1v) is 10.2. The van der Waals surface area contributed by atoms with Crippen molar-refractivity contribution in [2.75, 3.05) is 19.0 Å². The van der Waals surface area contributed by atoms with E-state index in [2.05, 4.69) is 31.0 Å². The second kappa shape index (κ2) is 8.03. The van der Waals surface area contributed by atoms with Crippen LogP contribution >= 0.6 is 22.7 Å². The Morgan fingerprint density at radius 2 is 2.19 bits per heavy atom. The number of nitrogens with zero attached hydrogens (tertiary/aromatic N) is 5. The van der Waals surface area contributed by atoms with E-state index in [0.717, 1.165) is 38.8 Å². The zero-order chi connectivity index (χ0) is 18.6. The second-order valence-corrected chi connectivity index (χ2v) is 7.80. The minimum absolute atomic E-state index is 0.647. The van der Waals surface area contributed by atoms with Crippen LogP contribution in [0.15, 0.2) is 42.2 Å². The van der Waals surface area contributed by atoms with Crippen molar-refractivity contribution in [3.8, 4) is 15.7 Å². The number of anilines is 1. The molecule has 4 aromatic rings. The number of ether oxygens (including phenoxy) is 1. The summed E-state index contributed by atoms with van der Waals surface area (Å²) in [6, 6.07) is 6.14. The molecule has 0 radical (unpaired) electrons. The fourth-order valence-electron chi connectivity index (χ4n) is 2.75. The molecule has 4 heterocycles. The topological polar surface area (TPSA) is 69.8 Å². The van der Waals surface area contributed by atoms with Gasteiger partial charge >= 0.3 is 0 Å². The van der Waals surface area contributed by atoms with Crippen LogP contribution in [0.3, 0.4) is 0 Å². The average Bonchev–Trinajstić information content (AvgIpc) is 3.44. The van der Waals surface area contributed by atoms with Crippen LogP contribution in [0, 0.1) is 6.92 Å². The third-order valence-corrected chi connectivity index (χ3v) is 5.98. The van der Waals surface area contributed by atoms with Crippen LogP contribution in [0.25, 0.3) is 15.7 Å². The van der Waals surface area contributed by atoms with Crippen LogP contribution in [0.2, 0.25) is 0 Å². The monoisotopic (exact) mass is 400 g/mol. The first-order chi connectivity index (χ1) is 13.2. The molecule has 0 fully saturated rings. The molecule has 0 aliphatic rings. The molecule has 0 aliphatic carbocycles. The fraction of sp³-hybridized carbons (Fsp3) is 0.278. The number of thiazole rings is 2. The third kappa shape index (κ3) is 3.95. The van der Waals surface area contributed by atoms with Gasteiger partial charge in [0.25, 0.3) is 0 Å². The summed E-state index contributed by atoms with van der Waals surface area (Å²) < 4.78 is 9.09. The van der Waals surface area contributed by atoms with E-state index in [9.17, 15) is 0 Å². The lowest BCUT2D eigenvalue weighted by Crippen LogP contribution is -2.05. The Labute approximate surface area is 165 Å². The highest BCUT2D eigenvalue weighted by atomic mass is 32.1. The molecule has 4 rings (SSSR count). The van der Waals surface area contributed by atoms with Gasteiger partial charge in [0.1, 0.15) is 5.69 Å². The van der Waals surface area contributed by atoms with Crippen LogP contribution in [0.5, 0.6) is 0 Å². The van der Waals surface area contributed by atoms with Gasteiger partial charge in [0.2, 0.25) is 0 Å². The minimum Gasteiger partial charge on any atom is -0.383 e. The van der Waals surface area contributed by atoms with Crippen molar-refractivity contribution < 1.29 is 4.74 Å². The molecule has 9 heteroatoms. The molecule has 0 amide bonds. The van der Waals surface area contributed by atoms with Crippen molar-refractivity contribution in [2.24, 2.45) is 0 Å². The molecule has 0 spiro atoms. The molecule has 140 valence electrons. The van der Waals surface area contributed by atoms with E-state index in [-0.39, 0.29) is 0 Å². The summed E-state index contributed by atoms with van der Waals surface area (Å²) >= 11 is 3.24. The van der Waals surface area contributed by atoms with Gasteiger partial charge in [-0.1, -0.05) is 11.3 Å². The Hall–Kier alpha value is -2.49. The van der Waals surface area contributed by atoms with Crippen LogP contribution in [-0.4, -0.2) is 38.0 Å². The van der Waals surface area contributed by atoms with Gasteiger partial charge in [-0.3, -0.25) is 9.25 Å². The quantitative estimate of drug-likeness (QED) is 0.487. The van der Waals surface area contributed by atoms with Crippen molar-refractivity contribution in [3.05, 3.63) is 53.6 Å². The smallest absolute Gasteiger partial charge is 0.193 e. The molecule has 0 unspecified atom stereocenters. The lowest BCUT2D eigenvalue weighted by Gasteiger charge is -2.06. The molecule has 0 saturated carbocycles. The van der Waals surface area contributed by atoms with E-state index in [1.807, 2.05) is 47.7 Å². The number of methoxy groups -OCH3 is 1. The van der Waals surface area contributed by atoms with Gasteiger partial charge in [-0.15, -0.1) is 11.3 Å². The predicted octanol–water partition coefficient (Wildman–Crippen LogP) is 3.82. The minimum atomic E-state index is 0.647. The summed E-state index contributed by atoms with van der Waals surface area (Å²) in [5, 5.41) is 11.9. The van der Waals surface area contributed by atoms with Gasteiger partial charge in [0.05, 0.1) is 30.3 Å². The van der Waals surface area contributed by atoms with Gasteiger partial charge in [-0.2, -0.15) is 5.10 Å². The highest BCUT2D eigenvalue weighted by Gasteiger charge is 2.13. The highest BCUT2D eigenvalue weighted by molar-refractivity contribution is 7.19. The van der Waals surface area contributed by atoms with Crippen molar-refractivity contribution in [3.63, 3.8) is 0 Å². The zero-order valence-corrected chi connectivity index (χ0v) is 16.8. The van der Waals surface area contributed by atoms with E-state index >= 15 is 0 Å². The standard InChI is InChI=1S/C18H20N6OS2/c1-13-16(15-5-8-23(22-15)9-10-25-2)27-17(21-13)20-12-14-4-3-7-24(14)18-19-6-11-26-18/h3-8,11H,9-10,12H2,1-2H3,(H,20,21). The summed E-state index contributed by atoms with van der Waals surface area (Å²) in [4.78, 5) is 10.1. The third-order valence-electron chi connectivity index (χ3n) is 4.07. The number of rotatable bonds is 8. The Balaban J connectivity index is 1.46. The van der Waals surface area contributed by atoms with Gasteiger partial charge in [0.15, 0.2) is 10.3 Å². The lowest BCUT2D eigenvalue weighted by atomic mass is 10.3. The van der Waals surface area contributed by atoms with E-state index < -0.39 is 0 Å². The van der Waals surface area contributed by atoms with Crippen molar-refractivity contribution in [2.45, 2.75) is 20.0 Å². The Bertz CT molecular complexity index is 1000. The Morgan fingerprint density at radius 1 is 1.26 bits per heavy atom. The predicted molar refractivity (Wildman–Crippen MR) is 109 cm³/mol. The molecule has 0 aromatic carbocycles. The summed E-state index contributed by atoms with van der Waals surface area (Å²) in [5.74, 6) is 0. The largest absolute Gasteiger partial charge is 0.383 e. The first kappa shape index (κ1) is 17.9. The molecular formula is C18H20N6OS2.